The molecule has 1 N–H and O–H groups in total. The summed E-state index contributed by atoms with van der Waals surface area (Å²) in [6.07, 6.45) is 0.760. The molecule has 6 heteroatoms. The van der Waals surface area contributed by atoms with Crippen LogP contribution in [0.1, 0.15) is 25.8 Å². The highest BCUT2D eigenvalue weighted by molar-refractivity contribution is 7.92. The van der Waals surface area contributed by atoms with Crippen LogP contribution in [0, 0.1) is 17.2 Å². The molecule has 0 aliphatic heterocycles. The van der Waals surface area contributed by atoms with Crippen LogP contribution >= 0.6 is 0 Å². The lowest BCUT2D eigenvalue weighted by Gasteiger charge is -2.10. The Morgan fingerprint density at radius 2 is 1.95 bits per heavy atom. The van der Waals surface area contributed by atoms with E-state index < -0.39 is 21.5 Å². The van der Waals surface area contributed by atoms with Crippen molar-refractivity contribution < 1.29 is 13.2 Å². The van der Waals surface area contributed by atoms with Gasteiger partial charge in [0, 0.05) is 5.69 Å². The maximum atomic E-state index is 11.8. The number of carbonyl (C=O) groups is 1. The first-order valence-corrected chi connectivity index (χ1v) is 8.19. The van der Waals surface area contributed by atoms with E-state index in [2.05, 4.69) is 5.32 Å². The van der Waals surface area contributed by atoms with Crippen molar-refractivity contribution in [2.24, 2.45) is 5.92 Å². The van der Waals surface area contributed by atoms with Gasteiger partial charge in [0.2, 0.25) is 5.91 Å². The zero-order valence-electron chi connectivity index (χ0n) is 11.6. The summed E-state index contributed by atoms with van der Waals surface area (Å²) in [7, 11) is -3.39. The van der Waals surface area contributed by atoms with E-state index in [1.165, 1.54) is 0 Å². The lowest BCUT2D eigenvalue weighted by Crippen LogP contribution is -2.26. The zero-order chi connectivity index (χ0) is 15.2. The molecule has 5 nitrogen and oxygen atoms in total. The number of benzene rings is 1. The molecule has 0 saturated carbocycles. The van der Waals surface area contributed by atoms with Crippen molar-refractivity contribution in [3.63, 3.8) is 0 Å². The van der Waals surface area contributed by atoms with E-state index in [0.29, 0.717) is 11.3 Å². The summed E-state index contributed by atoms with van der Waals surface area (Å²) >= 11 is 0. The molecule has 0 aliphatic rings. The van der Waals surface area contributed by atoms with Crippen LogP contribution in [-0.2, 0) is 14.6 Å². The minimum absolute atomic E-state index is 0.0181. The molecule has 0 aromatic heterocycles. The average Bonchev–Trinajstić information content (AvgIpc) is 2.38. The fourth-order valence-corrected chi connectivity index (χ4v) is 3.33. The molecule has 1 rings (SSSR count). The highest BCUT2D eigenvalue weighted by atomic mass is 32.2. The van der Waals surface area contributed by atoms with Gasteiger partial charge in [-0.1, -0.05) is 20.3 Å². The minimum Gasteiger partial charge on any atom is -0.325 e. The van der Waals surface area contributed by atoms with Gasteiger partial charge < -0.3 is 5.32 Å². The highest BCUT2D eigenvalue weighted by Crippen LogP contribution is 2.10. The van der Waals surface area contributed by atoms with Crippen LogP contribution in [0.4, 0.5) is 5.69 Å². The number of amides is 1. The molecule has 0 spiro atoms. The van der Waals surface area contributed by atoms with Crippen LogP contribution < -0.4 is 5.32 Å². The van der Waals surface area contributed by atoms with Crippen molar-refractivity contribution in [1.82, 2.24) is 0 Å². The predicted molar refractivity (Wildman–Crippen MR) is 77.9 cm³/mol. The van der Waals surface area contributed by atoms with Gasteiger partial charge in [0.15, 0.2) is 9.84 Å². The number of anilines is 1. The van der Waals surface area contributed by atoms with E-state index in [9.17, 15) is 13.2 Å². The van der Waals surface area contributed by atoms with Crippen molar-refractivity contribution in [2.45, 2.75) is 20.3 Å². The Hall–Kier alpha value is -1.87. The summed E-state index contributed by atoms with van der Waals surface area (Å²) in [6, 6.07) is 8.22. The van der Waals surface area contributed by atoms with Crippen LogP contribution in [0.25, 0.3) is 0 Å². The number of carbonyl (C=O) groups excluding carboxylic acids is 1. The highest BCUT2D eigenvalue weighted by Gasteiger charge is 2.19. The van der Waals surface area contributed by atoms with E-state index in [1.54, 1.807) is 24.3 Å². The molecule has 0 saturated heterocycles. The Labute approximate surface area is 119 Å². The lowest BCUT2D eigenvalue weighted by atomic mass is 10.2. The third kappa shape index (κ3) is 5.41. The third-order valence-electron chi connectivity index (χ3n) is 2.88. The second-order valence-electron chi connectivity index (χ2n) is 4.81. The van der Waals surface area contributed by atoms with Crippen LogP contribution in [-0.4, -0.2) is 25.8 Å². The van der Waals surface area contributed by atoms with Crippen molar-refractivity contribution >= 4 is 21.4 Å². The Balaban J connectivity index is 2.61. The topological polar surface area (TPSA) is 87.0 Å². The number of nitrogens with one attached hydrogen (secondary N) is 1. The van der Waals surface area contributed by atoms with Gasteiger partial charge in [0.25, 0.3) is 0 Å². The van der Waals surface area contributed by atoms with Gasteiger partial charge in [-0.25, -0.2) is 8.42 Å². The Bertz CT molecular complexity index is 600. The van der Waals surface area contributed by atoms with Crippen molar-refractivity contribution in [3.8, 4) is 6.07 Å². The van der Waals surface area contributed by atoms with E-state index in [4.69, 9.17) is 5.26 Å². The molecule has 1 aromatic carbocycles. The van der Waals surface area contributed by atoms with Crippen molar-refractivity contribution in [3.05, 3.63) is 29.8 Å². The number of hydrogen-bond acceptors (Lipinski definition) is 4. The number of sulfone groups is 1. The van der Waals surface area contributed by atoms with Crippen molar-refractivity contribution in [1.29, 1.82) is 5.26 Å². The van der Waals surface area contributed by atoms with Crippen LogP contribution in [0.2, 0.25) is 0 Å². The molecule has 0 radical (unpaired) electrons. The number of rotatable bonds is 6. The fourth-order valence-electron chi connectivity index (χ4n) is 1.64. The summed E-state index contributed by atoms with van der Waals surface area (Å²) in [5.41, 5.74) is 0.958. The molecule has 1 atom stereocenters. The van der Waals surface area contributed by atoms with Gasteiger partial charge in [0.1, 0.15) is 5.75 Å². The number of nitriles is 1. The average molecular weight is 294 g/mol. The van der Waals surface area contributed by atoms with Gasteiger partial charge in [-0.15, -0.1) is 0 Å². The molecule has 0 fully saturated rings. The Kier molecular flexibility index (Phi) is 5.71. The predicted octanol–water partition coefficient (Wildman–Crippen LogP) is 1.96. The summed E-state index contributed by atoms with van der Waals surface area (Å²) < 4.78 is 23.6. The summed E-state index contributed by atoms with van der Waals surface area (Å²) in [5, 5.41) is 11.2. The van der Waals surface area contributed by atoms with E-state index >= 15 is 0 Å². The van der Waals surface area contributed by atoms with E-state index in [1.807, 2.05) is 19.9 Å². The molecule has 1 amide bonds. The summed E-state index contributed by atoms with van der Waals surface area (Å²) in [4.78, 5) is 11.7. The maximum absolute atomic E-state index is 11.8. The smallest absolute Gasteiger partial charge is 0.239 e. The van der Waals surface area contributed by atoms with Crippen LogP contribution in [0.5, 0.6) is 0 Å². The second-order valence-corrected chi connectivity index (χ2v) is 6.91. The molecule has 108 valence electrons. The van der Waals surface area contributed by atoms with Crippen molar-refractivity contribution in [2.75, 3.05) is 16.8 Å². The first kappa shape index (κ1) is 16.2. The maximum Gasteiger partial charge on any atom is 0.239 e. The molecular weight excluding hydrogens is 276 g/mol. The Morgan fingerprint density at radius 1 is 1.35 bits per heavy atom. The van der Waals surface area contributed by atoms with E-state index in [0.717, 1.165) is 6.42 Å². The third-order valence-corrected chi connectivity index (χ3v) is 4.66. The van der Waals surface area contributed by atoms with Gasteiger partial charge in [-0.3, -0.25) is 4.79 Å². The Morgan fingerprint density at radius 3 is 2.45 bits per heavy atom. The van der Waals surface area contributed by atoms with Gasteiger partial charge in [-0.05, 0) is 30.2 Å². The molecule has 0 bridgehead atoms. The van der Waals surface area contributed by atoms with Crippen LogP contribution in [0.15, 0.2) is 24.3 Å². The van der Waals surface area contributed by atoms with Gasteiger partial charge in [0.05, 0.1) is 17.4 Å². The SMILES string of the molecule is CCC(C)CS(=O)(=O)CC(=O)Nc1ccc(C#N)cc1. The standard InChI is InChI=1S/C14H18N2O3S/c1-3-11(2)9-20(18,19)10-14(17)16-13-6-4-12(8-15)5-7-13/h4-7,11H,3,9-10H2,1-2H3,(H,16,17). The first-order chi connectivity index (χ1) is 9.36. The fraction of sp³-hybridized carbons (Fsp3) is 0.429. The minimum atomic E-state index is -3.39. The molecule has 0 aliphatic carbocycles. The quantitative estimate of drug-likeness (QED) is 0.868. The molecule has 1 aromatic rings. The first-order valence-electron chi connectivity index (χ1n) is 6.36. The molecule has 1 unspecified atom stereocenters. The van der Waals surface area contributed by atoms with Crippen LogP contribution in [0.3, 0.4) is 0 Å². The molecule has 20 heavy (non-hydrogen) atoms. The number of hydrogen-bond donors (Lipinski definition) is 1. The lowest BCUT2D eigenvalue weighted by molar-refractivity contribution is -0.113. The second kappa shape index (κ2) is 7.06. The summed E-state index contributed by atoms with van der Waals surface area (Å²) in [6.45, 7) is 3.76. The van der Waals surface area contributed by atoms with Gasteiger partial charge >= 0.3 is 0 Å². The van der Waals surface area contributed by atoms with E-state index in [-0.39, 0.29) is 11.7 Å². The molecule has 0 heterocycles. The normalized spacial score (nSPS) is 12.4. The molecular formula is C14H18N2O3S. The summed E-state index contributed by atoms with van der Waals surface area (Å²) in [5.74, 6) is -1.01. The largest absolute Gasteiger partial charge is 0.325 e. The van der Waals surface area contributed by atoms with Gasteiger partial charge in [-0.2, -0.15) is 5.26 Å². The zero-order valence-corrected chi connectivity index (χ0v) is 12.4. The monoisotopic (exact) mass is 294 g/mol. The number of nitrogens with zero attached hydrogens (tertiary/aromatic N) is 1.